The molecule has 1 aromatic carbocycles. The summed E-state index contributed by atoms with van der Waals surface area (Å²) in [6, 6.07) is 5.68. The van der Waals surface area contributed by atoms with Gasteiger partial charge in [0.05, 0.1) is 25.0 Å². The van der Waals surface area contributed by atoms with E-state index in [0.29, 0.717) is 5.56 Å². The molecule has 26 heavy (non-hydrogen) atoms. The summed E-state index contributed by atoms with van der Waals surface area (Å²) in [6.45, 7) is -0.267. The number of rotatable bonds is 8. The average Bonchev–Trinajstić information content (AvgIpc) is 2.45. The number of carbonyl (C=O) groups excluding carboxylic acids is 3. The minimum absolute atomic E-state index is 0. The second-order valence-corrected chi connectivity index (χ2v) is 5.43. The molecular formula is C15H17NNa2O8. The Morgan fingerprint density at radius 1 is 1.19 bits per heavy atom. The van der Waals surface area contributed by atoms with Crippen LogP contribution >= 0.6 is 0 Å². The number of carboxylic acids is 2. The summed E-state index contributed by atoms with van der Waals surface area (Å²) in [7, 11) is 1.24. The predicted molar refractivity (Wildman–Crippen MR) is 74.9 cm³/mol. The Balaban J connectivity index is 0. The molecule has 0 heterocycles. The number of carboxylic acid groups (broad SMARTS) is 2. The van der Waals surface area contributed by atoms with E-state index in [4.69, 9.17) is 0 Å². The van der Waals surface area contributed by atoms with Crippen molar-refractivity contribution in [3.8, 4) is 5.75 Å². The number of aromatic hydroxyl groups is 1. The van der Waals surface area contributed by atoms with Crippen molar-refractivity contribution < 1.29 is 99.0 Å². The van der Waals surface area contributed by atoms with E-state index < -0.39 is 42.4 Å². The minimum Gasteiger partial charge on any atom is -0.550 e. The molecule has 132 valence electrons. The summed E-state index contributed by atoms with van der Waals surface area (Å²) in [5.41, 5.74) is -2.58. The first-order valence-corrected chi connectivity index (χ1v) is 6.90. The molecule has 9 nitrogen and oxygen atoms in total. The molecule has 0 saturated heterocycles. The minimum atomic E-state index is -2.90. The van der Waals surface area contributed by atoms with E-state index in [-0.39, 0.29) is 71.4 Å². The summed E-state index contributed by atoms with van der Waals surface area (Å²) in [4.78, 5) is 34.3. The topological polar surface area (TPSA) is 161 Å². The Labute approximate surface area is 194 Å². The first-order valence-electron chi connectivity index (χ1n) is 6.90. The van der Waals surface area contributed by atoms with Crippen LogP contribution in [-0.4, -0.2) is 57.3 Å². The van der Waals surface area contributed by atoms with Gasteiger partial charge in [0.15, 0.2) is 0 Å². The number of phenols is 1. The number of aliphatic hydroxyl groups is 2. The molecule has 0 bridgehead atoms. The zero-order valence-corrected chi connectivity index (χ0v) is 18.8. The normalized spacial score (nSPS) is 13.3. The molecule has 11 heteroatoms. The summed E-state index contributed by atoms with van der Waals surface area (Å²) in [6.07, 6.45) is -3.53. The fourth-order valence-electron chi connectivity index (χ4n) is 2.03. The van der Waals surface area contributed by atoms with Crippen molar-refractivity contribution in [1.29, 1.82) is 0 Å². The van der Waals surface area contributed by atoms with Crippen LogP contribution in [0.15, 0.2) is 24.3 Å². The fraction of sp³-hybridized carbons (Fsp3) is 0.400. The van der Waals surface area contributed by atoms with Crippen molar-refractivity contribution >= 4 is 17.8 Å². The number of amides is 1. The van der Waals surface area contributed by atoms with Gasteiger partial charge in [0, 0.05) is 19.4 Å². The van der Waals surface area contributed by atoms with Crippen LogP contribution in [0.4, 0.5) is 0 Å². The Hall–Kier alpha value is -0.650. The number of phenolic OH excluding ortho intramolecular Hbond substituents is 1. The second-order valence-electron chi connectivity index (χ2n) is 5.43. The van der Waals surface area contributed by atoms with Crippen LogP contribution in [0.3, 0.4) is 0 Å². The molecule has 0 radical (unpaired) electrons. The predicted octanol–water partition coefficient (Wildman–Crippen LogP) is -9.10. The Morgan fingerprint density at radius 2 is 1.77 bits per heavy atom. The maximum absolute atomic E-state index is 12.0. The Morgan fingerprint density at radius 3 is 2.23 bits per heavy atom. The van der Waals surface area contributed by atoms with E-state index in [1.807, 2.05) is 0 Å². The molecule has 2 atom stereocenters. The van der Waals surface area contributed by atoms with Gasteiger partial charge in [-0.1, -0.05) is 12.1 Å². The van der Waals surface area contributed by atoms with Gasteiger partial charge in [-0.25, -0.2) is 0 Å². The molecule has 0 spiro atoms. The van der Waals surface area contributed by atoms with Gasteiger partial charge in [0.1, 0.15) is 11.4 Å². The standard InChI is InChI=1S/C15H19NO8.2Na/c1-16(8-11(18)9-3-2-4-10(17)5-9)12(19)6-15(24,14(22)23)7-13(20)21;;/h2-5,11,17-18,24H,6-8H2,1H3,(H,20,21)(H,22,23);;/q;2*+1/p-2/t11-,15?;;/m0../s1. The van der Waals surface area contributed by atoms with Gasteiger partial charge in [-0.05, 0) is 17.7 Å². The van der Waals surface area contributed by atoms with E-state index in [2.05, 4.69) is 0 Å². The molecule has 1 amide bonds. The van der Waals surface area contributed by atoms with Crippen LogP contribution < -0.4 is 69.3 Å². The van der Waals surface area contributed by atoms with E-state index in [9.17, 15) is 39.9 Å². The number of hydrogen-bond donors (Lipinski definition) is 3. The summed E-state index contributed by atoms with van der Waals surface area (Å²) in [5, 5.41) is 50.5. The molecule has 3 N–H and O–H groups in total. The van der Waals surface area contributed by atoms with Gasteiger partial charge < -0.3 is 40.0 Å². The first-order chi connectivity index (χ1) is 11.0. The molecule has 0 aliphatic heterocycles. The molecule has 0 aliphatic rings. The van der Waals surface area contributed by atoms with Crippen molar-refractivity contribution in [1.82, 2.24) is 4.90 Å². The van der Waals surface area contributed by atoms with Gasteiger partial charge in [0.2, 0.25) is 5.91 Å². The van der Waals surface area contributed by atoms with E-state index in [1.54, 1.807) is 0 Å². The third-order valence-electron chi connectivity index (χ3n) is 3.39. The second kappa shape index (κ2) is 11.9. The zero-order chi connectivity index (χ0) is 18.5. The van der Waals surface area contributed by atoms with Crippen molar-refractivity contribution in [3.63, 3.8) is 0 Å². The summed E-state index contributed by atoms with van der Waals surface area (Å²) >= 11 is 0. The molecule has 0 aromatic heterocycles. The maximum atomic E-state index is 12.0. The maximum Gasteiger partial charge on any atom is 1.00 e. The van der Waals surface area contributed by atoms with Crippen LogP contribution in [-0.2, 0) is 14.4 Å². The number of benzene rings is 1. The van der Waals surface area contributed by atoms with Crippen molar-refractivity contribution in [3.05, 3.63) is 29.8 Å². The molecule has 0 saturated carbocycles. The van der Waals surface area contributed by atoms with Crippen LogP contribution in [0.25, 0.3) is 0 Å². The largest absolute Gasteiger partial charge is 1.00 e. The third-order valence-corrected chi connectivity index (χ3v) is 3.39. The molecular weight excluding hydrogens is 368 g/mol. The Kier molecular flexibility index (Phi) is 12.7. The van der Waals surface area contributed by atoms with Gasteiger partial charge >= 0.3 is 59.1 Å². The quantitative estimate of drug-likeness (QED) is 0.372. The van der Waals surface area contributed by atoms with Gasteiger partial charge in [-0.15, -0.1) is 0 Å². The number of aliphatic hydroxyl groups excluding tert-OH is 1. The zero-order valence-electron chi connectivity index (χ0n) is 14.8. The number of likely N-dealkylation sites (N-methyl/N-ethyl adjacent to an activating group) is 1. The van der Waals surface area contributed by atoms with Gasteiger partial charge in [-0.3, -0.25) is 4.79 Å². The van der Waals surface area contributed by atoms with Crippen molar-refractivity contribution in [2.45, 2.75) is 24.5 Å². The molecule has 0 aliphatic carbocycles. The Bertz CT molecular complexity index is 642. The summed E-state index contributed by atoms with van der Waals surface area (Å²) in [5.74, 6) is -4.96. The monoisotopic (exact) mass is 385 g/mol. The van der Waals surface area contributed by atoms with E-state index in [0.717, 1.165) is 4.90 Å². The average molecular weight is 385 g/mol. The molecule has 1 unspecified atom stereocenters. The molecule has 1 aromatic rings. The fourth-order valence-corrected chi connectivity index (χ4v) is 2.03. The number of aliphatic carboxylic acids is 2. The van der Waals surface area contributed by atoms with Crippen LogP contribution in [0, 0.1) is 0 Å². The smallest absolute Gasteiger partial charge is 0.550 e. The number of carbonyl (C=O) groups is 3. The first kappa shape index (κ1) is 27.6. The summed E-state index contributed by atoms with van der Waals surface area (Å²) < 4.78 is 0. The van der Waals surface area contributed by atoms with Crippen molar-refractivity contribution in [2.75, 3.05) is 13.6 Å². The van der Waals surface area contributed by atoms with Crippen LogP contribution in [0.2, 0.25) is 0 Å². The van der Waals surface area contributed by atoms with Gasteiger partial charge in [-0.2, -0.15) is 0 Å². The molecule has 1 rings (SSSR count). The van der Waals surface area contributed by atoms with Crippen molar-refractivity contribution in [2.24, 2.45) is 0 Å². The van der Waals surface area contributed by atoms with Gasteiger partial charge in [0.25, 0.3) is 0 Å². The third kappa shape index (κ3) is 8.36. The van der Waals surface area contributed by atoms with E-state index in [1.165, 1.54) is 31.3 Å². The van der Waals surface area contributed by atoms with Crippen LogP contribution in [0.1, 0.15) is 24.5 Å². The number of nitrogens with zero attached hydrogens (tertiary/aromatic N) is 1. The molecule has 0 fully saturated rings. The van der Waals surface area contributed by atoms with E-state index >= 15 is 0 Å². The van der Waals surface area contributed by atoms with Crippen LogP contribution in [0.5, 0.6) is 5.75 Å². The number of hydrogen-bond acceptors (Lipinski definition) is 8. The SMILES string of the molecule is CN(C[C@H](O)c1cccc(O)c1)C(=O)CC(O)(CC(=O)[O-])C(=O)[O-].[Na+].[Na+].